The summed E-state index contributed by atoms with van der Waals surface area (Å²) in [5, 5.41) is 2.84. The lowest BCUT2D eigenvalue weighted by atomic mass is 10.2. The quantitative estimate of drug-likeness (QED) is 0.753. The van der Waals surface area contributed by atoms with Gasteiger partial charge in [0, 0.05) is 24.5 Å². The fourth-order valence-corrected chi connectivity index (χ4v) is 2.62. The van der Waals surface area contributed by atoms with Crippen LogP contribution in [0.2, 0.25) is 5.02 Å². The number of anilines is 1. The average molecular weight is 381 g/mol. The van der Waals surface area contributed by atoms with Gasteiger partial charge in [0.05, 0.1) is 19.9 Å². The van der Waals surface area contributed by atoms with E-state index >= 15 is 0 Å². The molecule has 0 bridgehead atoms. The summed E-state index contributed by atoms with van der Waals surface area (Å²) in [5.41, 5.74) is 1.16. The lowest BCUT2D eigenvalue weighted by molar-refractivity contribution is -0.116. The number of benzene rings is 2. The Kier molecular flexibility index (Phi) is 7.24. The smallest absolute Gasteiger partial charge is 0.225 e. The van der Waals surface area contributed by atoms with E-state index in [4.69, 9.17) is 21.1 Å². The van der Waals surface area contributed by atoms with Gasteiger partial charge >= 0.3 is 0 Å². The van der Waals surface area contributed by atoms with Crippen molar-refractivity contribution in [3.05, 3.63) is 52.8 Å². The van der Waals surface area contributed by atoms with Crippen molar-refractivity contribution in [3.8, 4) is 11.5 Å². The van der Waals surface area contributed by atoms with E-state index in [2.05, 4.69) is 5.32 Å². The highest BCUT2D eigenvalue weighted by molar-refractivity contribution is 6.30. The highest BCUT2D eigenvalue weighted by Gasteiger charge is 2.10. The molecule has 0 saturated heterocycles. The molecule has 2 aromatic rings. The zero-order valence-corrected chi connectivity index (χ0v) is 15.8. The number of hydrogen-bond donors (Lipinski definition) is 1. The van der Waals surface area contributed by atoms with E-state index in [-0.39, 0.29) is 23.0 Å². The molecular formula is C19H22ClFN2O3. The third-order valence-corrected chi connectivity index (χ3v) is 4.06. The van der Waals surface area contributed by atoms with Crippen molar-refractivity contribution in [3.63, 3.8) is 0 Å². The van der Waals surface area contributed by atoms with E-state index in [1.54, 1.807) is 14.2 Å². The Hall–Kier alpha value is -2.31. The van der Waals surface area contributed by atoms with Gasteiger partial charge in [0.1, 0.15) is 5.82 Å². The number of rotatable bonds is 8. The average Bonchev–Trinajstić information content (AvgIpc) is 2.62. The monoisotopic (exact) mass is 380 g/mol. The molecule has 0 heterocycles. The third-order valence-electron chi connectivity index (χ3n) is 3.83. The number of hydrogen-bond acceptors (Lipinski definition) is 4. The minimum absolute atomic E-state index is 0.127. The number of carbonyl (C=O) groups is 1. The minimum atomic E-state index is -0.551. The number of halogens is 2. The number of nitrogens with zero attached hydrogens (tertiary/aromatic N) is 1. The molecule has 2 rings (SSSR count). The van der Waals surface area contributed by atoms with Gasteiger partial charge < -0.3 is 19.7 Å². The van der Waals surface area contributed by atoms with Crippen LogP contribution in [0.25, 0.3) is 0 Å². The Morgan fingerprint density at radius 3 is 2.54 bits per heavy atom. The van der Waals surface area contributed by atoms with Gasteiger partial charge in [0.15, 0.2) is 11.5 Å². The maximum absolute atomic E-state index is 13.7. The highest BCUT2D eigenvalue weighted by Crippen LogP contribution is 2.28. The summed E-state index contributed by atoms with van der Waals surface area (Å²) in [7, 11) is 5.09. The minimum Gasteiger partial charge on any atom is -0.493 e. The van der Waals surface area contributed by atoms with Gasteiger partial charge in [0.2, 0.25) is 5.91 Å². The fraction of sp³-hybridized carbons (Fsp3) is 0.316. The molecule has 0 aliphatic rings. The van der Waals surface area contributed by atoms with E-state index in [1.165, 1.54) is 18.2 Å². The van der Waals surface area contributed by atoms with Crippen LogP contribution in [0.15, 0.2) is 36.4 Å². The van der Waals surface area contributed by atoms with Crippen molar-refractivity contribution >= 4 is 23.2 Å². The number of nitrogens with one attached hydrogen (secondary N) is 1. The number of methoxy groups -OCH3 is 2. The molecule has 2 aromatic carbocycles. The first-order valence-corrected chi connectivity index (χ1v) is 8.45. The van der Waals surface area contributed by atoms with Gasteiger partial charge in [-0.1, -0.05) is 17.7 Å². The summed E-state index contributed by atoms with van der Waals surface area (Å²) in [5.74, 6) is 0.521. The first kappa shape index (κ1) is 20.0. The Balaban J connectivity index is 1.86. The van der Waals surface area contributed by atoms with Gasteiger partial charge in [-0.05, 0) is 42.9 Å². The predicted octanol–water partition coefficient (Wildman–Crippen LogP) is 3.96. The molecule has 0 aliphatic carbocycles. The summed E-state index contributed by atoms with van der Waals surface area (Å²) in [6, 6.07) is 9.84. The van der Waals surface area contributed by atoms with Crippen molar-refractivity contribution in [1.29, 1.82) is 0 Å². The summed E-state index contributed by atoms with van der Waals surface area (Å²) < 4.78 is 24.2. The van der Waals surface area contributed by atoms with Crippen LogP contribution in [0.3, 0.4) is 0 Å². The largest absolute Gasteiger partial charge is 0.493 e. The van der Waals surface area contributed by atoms with Gasteiger partial charge in [-0.25, -0.2) is 4.39 Å². The van der Waals surface area contributed by atoms with Crippen LogP contribution in [-0.4, -0.2) is 38.6 Å². The van der Waals surface area contributed by atoms with Gasteiger partial charge in [-0.15, -0.1) is 0 Å². The first-order valence-electron chi connectivity index (χ1n) is 8.07. The van der Waals surface area contributed by atoms with E-state index in [0.29, 0.717) is 24.6 Å². The van der Waals surface area contributed by atoms with E-state index in [0.717, 1.165) is 5.56 Å². The second-order valence-electron chi connectivity index (χ2n) is 5.85. The van der Waals surface area contributed by atoms with E-state index in [9.17, 15) is 9.18 Å². The van der Waals surface area contributed by atoms with Crippen molar-refractivity contribution in [2.75, 3.05) is 33.1 Å². The molecule has 0 aliphatic heterocycles. The molecule has 1 N–H and O–H groups in total. The van der Waals surface area contributed by atoms with Crippen LogP contribution in [-0.2, 0) is 11.3 Å². The van der Waals surface area contributed by atoms with Crippen molar-refractivity contribution in [2.24, 2.45) is 0 Å². The Morgan fingerprint density at radius 2 is 1.88 bits per heavy atom. The van der Waals surface area contributed by atoms with Crippen molar-refractivity contribution < 1.29 is 18.7 Å². The van der Waals surface area contributed by atoms with Gasteiger partial charge in [0.25, 0.3) is 0 Å². The highest BCUT2D eigenvalue weighted by atomic mass is 35.5. The molecule has 0 unspecified atom stereocenters. The van der Waals surface area contributed by atoms with Crippen LogP contribution >= 0.6 is 11.6 Å². The molecule has 7 heteroatoms. The number of amides is 1. The SMILES string of the molecule is COc1ccc(CN(C)CCC(=O)Nc2ccc(Cl)cc2F)cc1OC. The molecule has 140 valence electrons. The Labute approximate surface area is 157 Å². The van der Waals surface area contributed by atoms with E-state index < -0.39 is 5.82 Å². The lowest BCUT2D eigenvalue weighted by Crippen LogP contribution is -2.24. The standard InChI is InChI=1S/C19H22ClFN2O3/c1-23(12-13-4-7-17(25-2)18(10-13)26-3)9-8-19(24)22-16-6-5-14(20)11-15(16)21/h4-7,10-11H,8-9,12H2,1-3H3,(H,22,24). The molecular weight excluding hydrogens is 359 g/mol. The second kappa shape index (κ2) is 9.40. The summed E-state index contributed by atoms with van der Waals surface area (Å²) in [4.78, 5) is 14.0. The molecule has 0 atom stereocenters. The second-order valence-corrected chi connectivity index (χ2v) is 6.29. The third kappa shape index (κ3) is 5.61. The normalized spacial score (nSPS) is 10.7. The summed E-state index contributed by atoms with van der Waals surface area (Å²) in [6.45, 7) is 1.17. The van der Waals surface area contributed by atoms with Crippen molar-refractivity contribution in [1.82, 2.24) is 4.90 Å². The van der Waals surface area contributed by atoms with E-state index in [1.807, 2.05) is 30.1 Å². The summed E-state index contributed by atoms with van der Waals surface area (Å²) in [6.07, 6.45) is 0.242. The van der Waals surface area contributed by atoms with Crippen LogP contribution in [0, 0.1) is 5.82 Å². The van der Waals surface area contributed by atoms with Crippen molar-refractivity contribution in [2.45, 2.75) is 13.0 Å². The lowest BCUT2D eigenvalue weighted by Gasteiger charge is -2.17. The zero-order chi connectivity index (χ0) is 19.1. The topological polar surface area (TPSA) is 50.8 Å². The van der Waals surface area contributed by atoms with Crippen LogP contribution in [0.1, 0.15) is 12.0 Å². The molecule has 0 radical (unpaired) electrons. The maximum Gasteiger partial charge on any atom is 0.225 e. The fourth-order valence-electron chi connectivity index (χ4n) is 2.47. The molecule has 5 nitrogen and oxygen atoms in total. The number of ether oxygens (including phenoxy) is 2. The molecule has 0 saturated carbocycles. The zero-order valence-electron chi connectivity index (χ0n) is 15.0. The first-order chi connectivity index (χ1) is 12.4. The van der Waals surface area contributed by atoms with Gasteiger partial charge in [-0.3, -0.25) is 4.79 Å². The predicted molar refractivity (Wildman–Crippen MR) is 101 cm³/mol. The molecule has 0 aromatic heterocycles. The molecule has 26 heavy (non-hydrogen) atoms. The van der Waals surface area contributed by atoms with Crippen LogP contribution in [0.5, 0.6) is 11.5 Å². The maximum atomic E-state index is 13.7. The molecule has 0 fully saturated rings. The summed E-state index contributed by atoms with van der Waals surface area (Å²) >= 11 is 5.70. The van der Waals surface area contributed by atoms with Gasteiger partial charge in [-0.2, -0.15) is 0 Å². The number of carbonyl (C=O) groups excluding carboxylic acids is 1. The van der Waals surface area contributed by atoms with Crippen LogP contribution in [0.4, 0.5) is 10.1 Å². The Morgan fingerprint density at radius 1 is 1.15 bits per heavy atom. The molecule has 0 spiro atoms. The van der Waals surface area contributed by atoms with Crippen LogP contribution < -0.4 is 14.8 Å². The Bertz CT molecular complexity index is 770. The molecule has 1 amide bonds.